The molecule has 0 fully saturated rings. The summed E-state index contributed by atoms with van der Waals surface area (Å²) in [5.41, 5.74) is 5.69. The van der Waals surface area contributed by atoms with Crippen molar-refractivity contribution in [3.8, 4) is 11.4 Å². The number of hydrogen-bond donors (Lipinski definition) is 1. The molecular formula is C9H9F2N5. The monoisotopic (exact) mass is 225 g/mol. The number of halogens is 2. The largest absolute Gasteiger partial charge is 0.329 e. The Morgan fingerprint density at radius 1 is 1.25 bits per heavy atom. The fourth-order valence-corrected chi connectivity index (χ4v) is 1.20. The average Bonchev–Trinajstić information content (AvgIpc) is 2.71. The number of aromatic nitrogens is 4. The number of rotatable bonds is 3. The van der Waals surface area contributed by atoms with Gasteiger partial charge >= 0.3 is 0 Å². The summed E-state index contributed by atoms with van der Waals surface area (Å²) in [5.74, 6) is -1.60. The predicted octanol–water partition coefficient (Wildman–Crippen LogP) is 0.577. The molecule has 0 saturated carbocycles. The quantitative estimate of drug-likeness (QED) is 0.829. The second-order valence-electron chi connectivity index (χ2n) is 3.13. The Kier molecular flexibility index (Phi) is 2.86. The molecule has 1 heterocycles. The lowest BCUT2D eigenvalue weighted by Gasteiger charge is -1.96. The normalized spacial score (nSPS) is 10.7. The highest BCUT2D eigenvalue weighted by Crippen LogP contribution is 2.16. The summed E-state index contributed by atoms with van der Waals surface area (Å²) >= 11 is 0. The van der Waals surface area contributed by atoms with Crippen LogP contribution in [-0.4, -0.2) is 26.8 Å². The Morgan fingerprint density at radius 2 is 2.06 bits per heavy atom. The van der Waals surface area contributed by atoms with Crippen LogP contribution in [0.15, 0.2) is 18.2 Å². The number of nitrogens with two attached hydrogens (primary N) is 1. The molecule has 2 aromatic rings. The van der Waals surface area contributed by atoms with Gasteiger partial charge in [0.25, 0.3) is 0 Å². The van der Waals surface area contributed by atoms with E-state index in [1.165, 1.54) is 10.9 Å². The molecule has 0 spiro atoms. The van der Waals surface area contributed by atoms with Crippen molar-refractivity contribution in [1.82, 2.24) is 20.2 Å². The van der Waals surface area contributed by atoms with Crippen LogP contribution >= 0.6 is 0 Å². The zero-order chi connectivity index (χ0) is 11.5. The number of nitrogens with zero attached hydrogens (tertiary/aromatic N) is 4. The highest BCUT2D eigenvalue weighted by Gasteiger charge is 2.09. The second kappa shape index (κ2) is 4.31. The van der Waals surface area contributed by atoms with E-state index >= 15 is 0 Å². The van der Waals surface area contributed by atoms with Gasteiger partial charge in [-0.05, 0) is 23.4 Å². The summed E-state index contributed by atoms with van der Waals surface area (Å²) in [6, 6.07) is 3.44. The van der Waals surface area contributed by atoms with E-state index in [1.807, 2.05) is 0 Å². The predicted molar refractivity (Wildman–Crippen MR) is 52.2 cm³/mol. The summed E-state index contributed by atoms with van der Waals surface area (Å²) in [4.78, 5) is 1.30. The van der Waals surface area contributed by atoms with Crippen LogP contribution in [0.2, 0.25) is 0 Å². The first-order valence-corrected chi connectivity index (χ1v) is 4.64. The molecule has 0 saturated heterocycles. The molecule has 0 bridgehead atoms. The molecule has 1 aromatic carbocycles. The van der Waals surface area contributed by atoms with E-state index in [0.29, 0.717) is 18.7 Å². The van der Waals surface area contributed by atoms with Gasteiger partial charge in [-0.1, -0.05) is 0 Å². The molecule has 2 rings (SSSR count). The van der Waals surface area contributed by atoms with Crippen LogP contribution in [0.1, 0.15) is 0 Å². The molecule has 84 valence electrons. The summed E-state index contributed by atoms with van der Waals surface area (Å²) < 4.78 is 25.6. The van der Waals surface area contributed by atoms with E-state index in [2.05, 4.69) is 15.4 Å². The van der Waals surface area contributed by atoms with Gasteiger partial charge in [0.15, 0.2) is 11.6 Å². The van der Waals surface area contributed by atoms with Crippen molar-refractivity contribution in [3.63, 3.8) is 0 Å². The Labute approximate surface area is 89.9 Å². The number of hydrogen-bond acceptors (Lipinski definition) is 4. The van der Waals surface area contributed by atoms with Crippen molar-refractivity contribution in [2.24, 2.45) is 5.73 Å². The van der Waals surface area contributed by atoms with Gasteiger partial charge in [-0.3, -0.25) is 0 Å². The van der Waals surface area contributed by atoms with Crippen molar-refractivity contribution >= 4 is 0 Å². The number of tetrazole rings is 1. The van der Waals surface area contributed by atoms with Gasteiger partial charge in [-0.2, -0.15) is 4.80 Å². The van der Waals surface area contributed by atoms with E-state index in [1.54, 1.807) is 0 Å². The second-order valence-corrected chi connectivity index (χ2v) is 3.13. The van der Waals surface area contributed by atoms with E-state index in [0.717, 1.165) is 12.1 Å². The molecule has 16 heavy (non-hydrogen) atoms. The fourth-order valence-electron chi connectivity index (χ4n) is 1.20. The average molecular weight is 225 g/mol. The van der Waals surface area contributed by atoms with E-state index in [-0.39, 0.29) is 5.82 Å². The third-order valence-electron chi connectivity index (χ3n) is 1.96. The Morgan fingerprint density at radius 3 is 2.75 bits per heavy atom. The van der Waals surface area contributed by atoms with Crippen LogP contribution in [0.3, 0.4) is 0 Å². The highest BCUT2D eigenvalue weighted by atomic mass is 19.2. The van der Waals surface area contributed by atoms with Gasteiger partial charge in [-0.25, -0.2) is 8.78 Å². The smallest absolute Gasteiger partial charge is 0.205 e. The topological polar surface area (TPSA) is 69.6 Å². The van der Waals surface area contributed by atoms with E-state index in [9.17, 15) is 8.78 Å². The SMILES string of the molecule is NCCn1nnc(-c2ccc(F)c(F)c2)n1. The minimum Gasteiger partial charge on any atom is -0.329 e. The van der Waals surface area contributed by atoms with Crippen molar-refractivity contribution in [1.29, 1.82) is 0 Å². The minimum atomic E-state index is -0.937. The third-order valence-corrected chi connectivity index (χ3v) is 1.96. The Balaban J connectivity index is 2.31. The molecule has 2 N–H and O–H groups in total. The third kappa shape index (κ3) is 2.03. The lowest BCUT2D eigenvalue weighted by Crippen LogP contribution is -2.12. The van der Waals surface area contributed by atoms with Gasteiger partial charge in [-0.15, -0.1) is 10.2 Å². The molecule has 5 nitrogen and oxygen atoms in total. The Hall–Kier alpha value is -1.89. The van der Waals surface area contributed by atoms with Crippen molar-refractivity contribution in [2.75, 3.05) is 6.54 Å². The molecular weight excluding hydrogens is 216 g/mol. The molecule has 0 aliphatic carbocycles. The maximum Gasteiger partial charge on any atom is 0.205 e. The zero-order valence-corrected chi connectivity index (χ0v) is 8.27. The molecule has 0 unspecified atom stereocenters. The van der Waals surface area contributed by atoms with Crippen LogP contribution in [0.5, 0.6) is 0 Å². The van der Waals surface area contributed by atoms with Crippen LogP contribution in [0, 0.1) is 11.6 Å². The van der Waals surface area contributed by atoms with Crippen molar-refractivity contribution < 1.29 is 8.78 Å². The molecule has 0 radical (unpaired) electrons. The Bertz CT molecular complexity index is 496. The maximum atomic E-state index is 12.9. The van der Waals surface area contributed by atoms with Gasteiger partial charge in [0, 0.05) is 12.1 Å². The summed E-state index contributed by atoms with van der Waals surface area (Å²) in [6.07, 6.45) is 0. The lowest BCUT2D eigenvalue weighted by atomic mass is 10.2. The minimum absolute atomic E-state index is 0.243. The van der Waals surface area contributed by atoms with Crippen molar-refractivity contribution in [2.45, 2.75) is 6.54 Å². The van der Waals surface area contributed by atoms with Crippen LogP contribution < -0.4 is 5.73 Å². The van der Waals surface area contributed by atoms with E-state index in [4.69, 9.17) is 5.73 Å². The molecule has 7 heteroatoms. The summed E-state index contributed by atoms with van der Waals surface area (Å²) in [5, 5.41) is 11.4. The summed E-state index contributed by atoms with van der Waals surface area (Å²) in [6.45, 7) is 0.810. The fraction of sp³-hybridized carbons (Fsp3) is 0.222. The number of benzene rings is 1. The molecule has 0 atom stereocenters. The van der Waals surface area contributed by atoms with Crippen LogP contribution in [0.4, 0.5) is 8.78 Å². The molecule has 1 aromatic heterocycles. The molecule has 0 aliphatic rings. The van der Waals surface area contributed by atoms with Gasteiger partial charge in [0.05, 0.1) is 6.54 Å². The summed E-state index contributed by atoms with van der Waals surface area (Å²) in [7, 11) is 0. The van der Waals surface area contributed by atoms with Crippen LogP contribution in [-0.2, 0) is 6.54 Å². The molecule has 0 aliphatic heterocycles. The maximum absolute atomic E-state index is 12.9. The van der Waals surface area contributed by atoms with Gasteiger partial charge in [0.1, 0.15) is 0 Å². The van der Waals surface area contributed by atoms with Crippen molar-refractivity contribution in [3.05, 3.63) is 29.8 Å². The standard InChI is InChI=1S/C9H9F2N5/c10-7-2-1-6(5-8(7)11)9-13-15-16(14-9)4-3-12/h1-2,5H,3-4,12H2. The highest BCUT2D eigenvalue weighted by molar-refractivity contribution is 5.53. The lowest BCUT2D eigenvalue weighted by molar-refractivity contribution is 0.509. The van der Waals surface area contributed by atoms with E-state index < -0.39 is 11.6 Å². The van der Waals surface area contributed by atoms with Gasteiger partial charge < -0.3 is 5.73 Å². The zero-order valence-electron chi connectivity index (χ0n) is 8.27. The first kappa shape index (κ1) is 10.6. The van der Waals surface area contributed by atoms with Gasteiger partial charge in [0.2, 0.25) is 5.82 Å². The first-order chi connectivity index (χ1) is 7.70. The molecule has 0 amide bonds. The van der Waals surface area contributed by atoms with Crippen LogP contribution in [0.25, 0.3) is 11.4 Å². The first-order valence-electron chi connectivity index (χ1n) is 4.64.